The zero-order valence-corrected chi connectivity index (χ0v) is 12.7. The Morgan fingerprint density at radius 2 is 2.00 bits per heavy atom. The molecular formula is C15H13BrN4O. The maximum absolute atomic E-state index is 5.64. The van der Waals surface area contributed by atoms with Gasteiger partial charge in [-0.1, -0.05) is 28.1 Å². The van der Waals surface area contributed by atoms with E-state index in [0.717, 1.165) is 15.7 Å². The number of nitrogens with one attached hydrogen (secondary N) is 1. The van der Waals surface area contributed by atoms with Crippen LogP contribution in [0.25, 0.3) is 11.5 Å². The lowest BCUT2D eigenvalue weighted by Gasteiger charge is -2.00. The van der Waals surface area contributed by atoms with Crippen molar-refractivity contribution in [2.45, 2.75) is 13.1 Å². The average Bonchev–Trinajstić information content (AvgIpc) is 2.97. The minimum absolute atomic E-state index is 0.511. The molecule has 2 aromatic heterocycles. The van der Waals surface area contributed by atoms with Gasteiger partial charge in [-0.15, -0.1) is 10.2 Å². The second kappa shape index (κ2) is 6.60. The Bertz CT molecular complexity index is 714. The summed E-state index contributed by atoms with van der Waals surface area (Å²) in [5.41, 5.74) is 1.87. The average molecular weight is 345 g/mol. The second-order valence-electron chi connectivity index (χ2n) is 4.44. The molecule has 0 bridgehead atoms. The van der Waals surface area contributed by atoms with Crippen molar-refractivity contribution >= 4 is 15.9 Å². The molecule has 0 amide bonds. The molecule has 1 N–H and O–H groups in total. The first-order chi connectivity index (χ1) is 10.3. The molecule has 0 saturated heterocycles. The second-order valence-corrected chi connectivity index (χ2v) is 5.35. The first-order valence-corrected chi connectivity index (χ1v) is 7.29. The van der Waals surface area contributed by atoms with Gasteiger partial charge in [0.1, 0.15) is 0 Å². The van der Waals surface area contributed by atoms with Crippen LogP contribution in [-0.4, -0.2) is 15.2 Å². The summed E-state index contributed by atoms with van der Waals surface area (Å²) < 4.78 is 6.62. The highest BCUT2D eigenvalue weighted by Gasteiger charge is 2.08. The molecule has 3 aromatic rings. The van der Waals surface area contributed by atoms with Crippen LogP contribution in [0.1, 0.15) is 11.6 Å². The molecule has 21 heavy (non-hydrogen) atoms. The van der Waals surface area contributed by atoms with Crippen LogP contribution in [0.15, 0.2) is 57.6 Å². The number of nitrogens with zero attached hydrogens (tertiary/aromatic N) is 3. The van der Waals surface area contributed by atoms with E-state index in [1.165, 1.54) is 0 Å². The third kappa shape index (κ3) is 3.74. The number of hydrogen-bond acceptors (Lipinski definition) is 5. The molecule has 106 valence electrons. The topological polar surface area (TPSA) is 63.8 Å². The molecule has 0 aliphatic carbocycles. The van der Waals surface area contributed by atoms with E-state index in [4.69, 9.17) is 4.42 Å². The van der Waals surface area contributed by atoms with Crippen molar-refractivity contribution in [2.24, 2.45) is 0 Å². The van der Waals surface area contributed by atoms with Crippen LogP contribution in [0.3, 0.4) is 0 Å². The Balaban J connectivity index is 1.60. The lowest BCUT2D eigenvalue weighted by Crippen LogP contribution is -2.13. The predicted octanol–water partition coefficient (Wildman–Crippen LogP) is 3.18. The Kier molecular flexibility index (Phi) is 4.37. The molecule has 2 heterocycles. The van der Waals surface area contributed by atoms with E-state index in [0.29, 0.717) is 24.9 Å². The molecule has 6 heteroatoms. The van der Waals surface area contributed by atoms with Crippen molar-refractivity contribution in [1.82, 2.24) is 20.5 Å². The van der Waals surface area contributed by atoms with Crippen LogP contribution in [0.2, 0.25) is 0 Å². The lowest BCUT2D eigenvalue weighted by molar-refractivity contribution is 0.476. The number of rotatable bonds is 5. The molecule has 0 aliphatic rings. The maximum atomic E-state index is 5.64. The van der Waals surface area contributed by atoms with Crippen LogP contribution >= 0.6 is 15.9 Å². The number of benzene rings is 1. The van der Waals surface area contributed by atoms with E-state index < -0.39 is 0 Å². The molecule has 1 aromatic carbocycles. The number of hydrogen-bond donors (Lipinski definition) is 1. The first kappa shape index (κ1) is 13.9. The molecule has 0 aliphatic heterocycles. The molecule has 0 spiro atoms. The number of pyridine rings is 1. The Hall–Kier alpha value is -2.05. The van der Waals surface area contributed by atoms with Crippen molar-refractivity contribution in [3.8, 4) is 11.5 Å². The smallest absolute Gasteiger partial charge is 0.247 e. The van der Waals surface area contributed by atoms with Gasteiger partial charge in [-0.3, -0.25) is 4.98 Å². The van der Waals surface area contributed by atoms with Gasteiger partial charge in [0.25, 0.3) is 0 Å². The maximum Gasteiger partial charge on any atom is 0.247 e. The van der Waals surface area contributed by atoms with Gasteiger partial charge in [-0.2, -0.15) is 0 Å². The van der Waals surface area contributed by atoms with Gasteiger partial charge in [0, 0.05) is 22.8 Å². The van der Waals surface area contributed by atoms with E-state index >= 15 is 0 Å². The highest BCUT2D eigenvalue weighted by molar-refractivity contribution is 9.10. The highest BCUT2D eigenvalue weighted by Crippen LogP contribution is 2.21. The molecule has 3 rings (SSSR count). The zero-order chi connectivity index (χ0) is 14.5. The summed E-state index contributed by atoms with van der Waals surface area (Å²) in [5.74, 6) is 1.08. The summed E-state index contributed by atoms with van der Waals surface area (Å²) in [4.78, 5) is 4.24. The SMILES string of the molecule is Brc1cccc(-c2nnc(CNCc3ccccn3)o2)c1. The number of halogens is 1. The molecule has 0 radical (unpaired) electrons. The van der Waals surface area contributed by atoms with Crippen molar-refractivity contribution in [1.29, 1.82) is 0 Å². The fourth-order valence-electron chi connectivity index (χ4n) is 1.86. The Labute approximate surface area is 130 Å². The van der Waals surface area contributed by atoms with Gasteiger partial charge in [0.05, 0.1) is 12.2 Å². The van der Waals surface area contributed by atoms with Crippen LogP contribution in [0.4, 0.5) is 0 Å². The fourth-order valence-corrected chi connectivity index (χ4v) is 2.26. The third-order valence-electron chi connectivity index (χ3n) is 2.85. The fraction of sp³-hybridized carbons (Fsp3) is 0.133. The standard InChI is InChI=1S/C15H13BrN4O/c16-12-5-3-4-11(8-12)15-20-19-14(21-15)10-17-9-13-6-1-2-7-18-13/h1-8,17H,9-10H2. The van der Waals surface area contributed by atoms with Gasteiger partial charge in [-0.05, 0) is 30.3 Å². The third-order valence-corrected chi connectivity index (χ3v) is 3.34. The molecule has 0 fully saturated rings. The van der Waals surface area contributed by atoms with Gasteiger partial charge in [-0.25, -0.2) is 0 Å². The Morgan fingerprint density at radius 3 is 2.81 bits per heavy atom. The largest absolute Gasteiger partial charge is 0.419 e. The summed E-state index contributed by atoms with van der Waals surface area (Å²) in [6.45, 7) is 1.17. The van der Waals surface area contributed by atoms with Gasteiger partial charge < -0.3 is 9.73 Å². The summed E-state index contributed by atoms with van der Waals surface area (Å²) in [5, 5.41) is 11.3. The van der Waals surface area contributed by atoms with E-state index in [-0.39, 0.29) is 0 Å². The van der Waals surface area contributed by atoms with Gasteiger partial charge in [0.15, 0.2) is 0 Å². The first-order valence-electron chi connectivity index (χ1n) is 6.50. The van der Waals surface area contributed by atoms with Crippen LogP contribution < -0.4 is 5.32 Å². The molecule has 0 saturated carbocycles. The van der Waals surface area contributed by atoms with Crippen molar-refractivity contribution in [3.63, 3.8) is 0 Å². The molecule has 0 atom stereocenters. The van der Waals surface area contributed by atoms with Crippen molar-refractivity contribution in [3.05, 3.63) is 64.7 Å². The summed E-state index contributed by atoms with van der Waals surface area (Å²) in [6.07, 6.45) is 1.77. The highest BCUT2D eigenvalue weighted by atomic mass is 79.9. The zero-order valence-electron chi connectivity index (χ0n) is 11.2. The molecule has 5 nitrogen and oxygen atoms in total. The number of aromatic nitrogens is 3. The van der Waals surface area contributed by atoms with Crippen molar-refractivity contribution in [2.75, 3.05) is 0 Å². The van der Waals surface area contributed by atoms with Crippen molar-refractivity contribution < 1.29 is 4.42 Å². The lowest BCUT2D eigenvalue weighted by atomic mass is 10.2. The quantitative estimate of drug-likeness (QED) is 0.769. The van der Waals surface area contributed by atoms with E-state index in [9.17, 15) is 0 Å². The van der Waals surface area contributed by atoms with Crippen LogP contribution in [0.5, 0.6) is 0 Å². The normalized spacial score (nSPS) is 10.7. The summed E-state index contributed by atoms with van der Waals surface area (Å²) in [7, 11) is 0. The van der Waals surface area contributed by atoms with Gasteiger partial charge in [0.2, 0.25) is 11.8 Å². The summed E-state index contributed by atoms with van der Waals surface area (Å²) in [6, 6.07) is 13.6. The predicted molar refractivity (Wildman–Crippen MR) is 82.2 cm³/mol. The van der Waals surface area contributed by atoms with Crippen LogP contribution in [-0.2, 0) is 13.1 Å². The summed E-state index contributed by atoms with van der Waals surface area (Å²) >= 11 is 3.42. The minimum Gasteiger partial charge on any atom is -0.419 e. The van der Waals surface area contributed by atoms with E-state index in [1.54, 1.807) is 6.20 Å². The van der Waals surface area contributed by atoms with E-state index in [1.807, 2.05) is 42.5 Å². The Morgan fingerprint density at radius 1 is 1.05 bits per heavy atom. The molecule has 0 unspecified atom stereocenters. The minimum atomic E-state index is 0.511. The monoisotopic (exact) mass is 344 g/mol. The molecular weight excluding hydrogens is 332 g/mol. The van der Waals surface area contributed by atoms with E-state index in [2.05, 4.69) is 36.4 Å². The van der Waals surface area contributed by atoms with Gasteiger partial charge >= 0.3 is 0 Å². The van der Waals surface area contributed by atoms with Crippen LogP contribution in [0, 0.1) is 0 Å².